The van der Waals surface area contributed by atoms with Crippen molar-refractivity contribution in [2.24, 2.45) is 0 Å². The summed E-state index contributed by atoms with van der Waals surface area (Å²) in [4.78, 5) is 98.5. The number of carboxylic acid groups (broad SMARTS) is 1. The summed E-state index contributed by atoms with van der Waals surface area (Å²) in [6.07, 6.45) is 11.5. The summed E-state index contributed by atoms with van der Waals surface area (Å²) in [5.41, 5.74) is 18.8. The van der Waals surface area contributed by atoms with E-state index in [0.29, 0.717) is 107 Å². The van der Waals surface area contributed by atoms with Crippen LogP contribution in [0.25, 0.3) is 231 Å². The Morgan fingerprint density at radius 3 is 0.882 bits per heavy atom. The van der Waals surface area contributed by atoms with Crippen LogP contribution in [0.3, 0.4) is 0 Å². The maximum atomic E-state index is 11.7. The lowest BCUT2D eigenvalue weighted by Gasteiger charge is -2.26. The second-order valence-electron chi connectivity index (χ2n) is 28.7. The number of nitrogens with zero attached hydrogens (tertiary/aromatic N) is 15. The summed E-state index contributed by atoms with van der Waals surface area (Å²) in [5, 5.41) is 16.6. The first-order chi connectivity index (χ1) is 58.6. The summed E-state index contributed by atoms with van der Waals surface area (Å²) in [6, 6.07) is 88.9. The predicted octanol–water partition coefficient (Wildman–Crippen LogP) is 22.7. The second kappa shape index (κ2) is 28.0. The fourth-order valence-electron chi connectivity index (χ4n) is 15.7. The Labute approximate surface area is 679 Å². The van der Waals surface area contributed by atoms with Gasteiger partial charge in [0.2, 0.25) is 5.70 Å². The number of aliphatic carboxylic acids is 1. The first-order valence-electron chi connectivity index (χ1n) is 38.1. The molecule has 21 nitrogen and oxygen atoms in total. The number of nitrogens with one attached hydrogen (secondary N) is 4. The van der Waals surface area contributed by atoms with E-state index in [9.17, 15) is 9.90 Å². The quantitative estimate of drug-likeness (QED) is 0.0458. The summed E-state index contributed by atoms with van der Waals surface area (Å²) < 4.78 is 0. The van der Waals surface area contributed by atoms with Gasteiger partial charge >= 0.3 is 5.97 Å². The van der Waals surface area contributed by atoms with E-state index in [1.54, 1.807) is 18.2 Å². The molecule has 0 fully saturated rings. The number of benzene rings is 11. The zero-order valence-electron chi connectivity index (χ0n) is 62.3. The molecule has 11 aromatic carbocycles. The number of anilines is 3. The largest absolute Gasteiger partial charge is 0.486 e. The Morgan fingerprint density at radius 2 is 0.580 bits per heavy atom. The molecule has 7 aromatic heterocycles. The minimum atomic E-state index is -1.31. The Bertz CT molecular complexity index is 7610. The number of carboxylic acids is 1. The zero-order chi connectivity index (χ0) is 79.3. The Balaban J connectivity index is 0.603. The van der Waals surface area contributed by atoms with Gasteiger partial charge in [0.1, 0.15) is 45.2 Å². The first kappa shape index (κ1) is 68.8. The number of hydrogen-bond acceptors (Lipinski definition) is 15. The molecule has 4 aliphatic rings. The van der Waals surface area contributed by atoms with Crippen LogP contribution < -0.4 is 4.90 Å². The van der Waals surface area contributed by atoms with Crippen molar-refractivity contribution < 1.29 is 9.90 Å². The van der Waals surface area contributed by atoms with Crippen molar-refractivity contribution in [1.29, 1.82) is 0 Å². The lowest BCUT2D eigenvalue weighted by atomic mass is 10.0. The monoisotopic (exact) mass is 1550 g/mol. The molecule has 22 rings (SSSR count). The van der Waals surface area contributed by atoms with E-state index in [0.717, 1.165) is 132 Å². The van der Waals surface area contributed by atoms with Crippen LogP contribution in [0.1, 0.15) is 37.6 Å². The molecule has 18 aromatic rings. The van der Waals surface area contributed by atoms with Gasteiger partial charge in [-0.2, -0.15) is 0 Å². The van der Waals surface area contributed by atoms with Crippen molar-refractivity contribution in [2.45, 2.75) is 0 Å². The highest BCUT2D eigenvalue weighted by molar-refractivity contribution is 7.14. The number of thiophene rings is 1. The molecule has 0 spiro atoms. The van der Waals surface area contributed by atoms with Crippen molar-refractivity contribution in [3.8, 4) is 91.1 Å². The van der Waals surface area contributed by atoms with E-state index < -0.39 is 11.7 Å². The van der Waals surface area contributed by atoms with Crippen LogP contribution in [-0.2, 0) is 4.79 Å². The lowest BCUT2D eigenvalue weighted by Crippen LogP contribution is -2.09. The standard InChI is InChI=1S/C97H55N19O2S/c1-98-78(80-48-45-61(119-80)52-79(99-2)97(117)118)51-57-35-43-60(44-36-57)116(58-39-31-53(32-40-58)27-29-55-37-46-74-76(49-55)95-112-91-72-25-13-11-23-70(72)87(108-91)104-83-64-17-5-3-15-62(64)81(100-83)102-85-66-19-7-9-21-68(66)89(106-85)110-93(74)114-95)59-41-33-54(34-42-59)28-30-56-38-47-75-77(50-56)96-113-92-73-26-14-12-24-71(73)88(109-92)105-84-65-18-6-4-16-63(65)82(101-84)103-86-67-20-8-10-22-69(67)90(107-86)111-94(75)115-96/h3-52H,(H,117,118)(H2,100,102,104,106,108,110,112,114)(H2,101,103,105,107,109,111,113,115)/b29-27+,30-28+,78-51-,79-52-. The summed E-state index contributed by atoms with van der Waals surface area (Å²) in [6.45, 7) is 15.5. The summed E-state index contributed by atoms with van der Waals surface area (Å²) >= 11 is 1.25. The molecule has 11 heterocycles. The van der Waals surface area contributed by atoms with Crippen molar-refractivity contribution in [3.63, 3.8) is 0 Å². The molecule has 0 atom stereocenters. The van der Waals surface area contributed by atoms with E-state index in [2.05, 4.69) is 144 Å². The average molecular weight is 1550 g/mol. The first-order valence-corrected chi connectivity index (χ1v) is 38.9. The van der Waals surface area contributed by atoms with Crippen molar-refractivity contribution in [1.82, 2.24) is 79.7 Å². The SMILES string of the molecule is [C-]#[N+]/C(=C\c1ccc(/C(=C/c2ccc(N(c3ccc(/C=C/c4ccc5c(c4)-c4nc-5nc5[nH]c(nc6nc(nc7[nH]c(n4)c4ccccc74)-c4ccccc4-6)c4ccccc54)cc3)c3ccc(/C=C/c4ccc5c(c4)-c4nc-5nc5[nH]c(nc6nc(nc7[nH]c(n4)c4ccccc74)-c4ccccc4-6)c4ccccc54)cc3)cc2)[N+]#[C-])s1)C(=O)O. The van der Waals surface area contributed by atoms with Crippen LogP contribution in [0.5, 0.6) is 0 Å². The van der Waals surface area contributed by atoms with Gasteiger partial charge in [0.05, 0.1) is 13.1 Å². The van der Waals surface area contributed by atoms with E-state index in [1.807, 2.05) is 170 Å². The summed E-state index contributed by atoms with van der Waals surface area (Å²) in [7, 11) is 0. The van der Waals surface area contributed by atoms with Crippen molar-refractivity contribution in [3.05, 3.63) is 333 Å². The highest BCUT2D eigenvalue weighted by atomic mass is 32.1. The molecule has 0 saturated carbocycles. The second-order valence-corrected chi connectivity index (χ2v) is 29.8. The smallest absolute Gasteiger partial charge is 0.333 e. The highest BCUT2D eigenvalue weighted by Gasteiger charge is 2.27. The third-order valence-corrected chi connectivity index (χ3v) is 22.5. The molecule has 0 radical (unpaired) electrons. The maximum Gasteiger partial charge on any atom is 0.333 e. The van der Waals surface area contributed by atoms with Gasteiger partial charge in [-0.1, -0.05) is 224 Å². The third-order valence-electron chi connectivity index (χ3n) is 21.5. The molecule has 556 valence electrons. The Morgan fingerprint density at radius 1 is 0.303 bits per heavy atom. The maximum absolute atomic E-state index is 11.7. The molecule has 16 bridgehead atoms. The number of rotatable bonds is 11. The zero-order valence-corrected chi connectivity index (χ0v) is 63.2. The molecule has 22 heteroatoms. The number of fused-ring (bicyclic) bond motifs is 40. The van der Waals surface area contributed by atoms with Crippen LogP contribution in [0.2, 0.25) is 0 Å². The van der Waals surface area contributed by atoms with Gasteiger partial charge in [-0.15, -0.1) is 11.3 Å². The van der Waals surface area contributed by atoms with Crippen LogP contribution in [0.15, 0.2) is 273 Å². The van der Waals surface area contributed by atoms with Gasteiger partial charge in [-0.05, 0) is 107 Å². The normalized spacial score (nSPS) is 12.3. The molecule has 0 amide bonds. The third kappa shape index (κ3) is 12.3. The average Bonchev–Trinajstić information content (AvgIpc) is 1.61. The fourth-order valence-corrected chi connectivity index (χ4v) is 16.6. The van der Waals surface area contributed by atoms with Crippen LogP contribution in [0, 0.1) is 13.1 Å². The molecule has 119 heavy (non-hydrogen) atoms. The van der Waals surface area contributed by atoms with E-state index in [-0.39, 0.29) is 0 Å². The predicted molar refractivity (Wildman–Crippen MR) is 472 cm³/mol. The Hall–Kier alpha value is -17.0. The van der Waals surface area contributed by atoms with Gasteiger partial charge in [-0.3, -0.25) is 4.79 Å². The summed E-state index contributed by atoms with van der Waals surface area (Å²) in [5.74, 6) is 2.83. The van der Waals surface area contributed by atoms with Crippen molar-refractivity contribution in [2.75, 3.05) is 4.90 Å². The van der Waals surface area contributed by atoms with Gasteiger partial charge in [0.25, 0.3) is 5.70 Å². The molecule has 5 N–H and O–H groups in total. The number of H-pyrrole nitrogens is 4. The molecular weight excluding hydrogens is 1500 g/mol. The lowest BCUT2D eigenvalue weighted by molar-refractivity contribution is -0.132. The molecule has 0 unspecified atom stereocenters. The number of hydrogen-bond donors (Lipinski definition) is 5. The molecule has 4 aliphatic heterocycles. The van der Waals surface area contributed by atoms with Gasteiger partial charge in [-0.25, -0.2) is 69.5 Å². The Kier molecular flexibility index (Phi) is 16.2. The topological polar surface area (TPSA) is 267 Å². The van der Waals surface area contributed by atoms with Crippen LogP contribution in [-0.4, -0.2) is 90.8 Å². The molecular formula is C97H55N19O2S. The highest BCUT2D eigenvalue weighted by Crippen LogP contribution is 2.43. The van der Waals surface area contributed by atoms with Crippen molar-refractivity contribution >= 4 is 165 Å². The number of aromatic nitrogens is 16. The van der Waals surface area contributed by atoms with Gasteiger partial charge in [0.15, 0.2) is 46.6 Å². The molecule has 0 saturated heterocycles. The van der Waals surface area contributed by atoms with E-state index in [1.165, 1.54) is 17.4 Å². The number of aromatic amines is 4. The number of carbonyl (C=O) groups is 1. The van der Waals surface area contributed by atoms with Gasteiger partial charge in [0, 0.05) is 114 Å². The van der Waals surface area contributed by atoms with Crippen LogP contribution >= 0.6 is 11.3 Å². The van der Waals surface area contributed by atoms with E-state index in [4.69, 9.17) is 73.0 Å². The minimum Gasteiger partial charge on any atom is -0.486 e. The minimum absolute atomic E-state index is 0.376. The molecule has 0 aliphatic carbocycles. The van der Waals surface area contributed by atoms with Crippen LogP contribution in [0.4, 0.5) is 17.1 Å². The fraction of sp³-hybridized carbons (Fsp3) is 0. The van der Waals surface area contributed by atoms with Gasteiger partial charge < -0.3 is 29.9 Å². The van der Waals surface area contributed by atoms with E-state index >= 15 is 0 Å².